The van der Waals surface area contributed by atoms with Crippen LogP contribution in [0.15, 0.2) is 66.9 Å². The van der Waals surface area contributed by atoms with Crippen molar-refractivity contribution >= 4 is 22.7 Å². The first-order chi connectivity index (χ1) is 15.7. The molecule has 2 aromatic carbocycles. The fraction of sp³-hybridized carbons (Fsp3) is 0.385. The molecule has 6 heteroatoms. The summed E-state index contributed by atoms with van der Waals surface area (Å²) in [6.45, 7) is 3.20. The minimum atomic E-state index is -0.00738. The van der Waals surface area contributed by atoms with E-state index in [1.54, 1.807) is 0 Å². The molecule has 1 aliphatic rings. The third-order valence-electron chi connectivity index (χ3n) is 6.10. The number of aryl methyl sites for hydroxylation is 1. The zero-order valence-electron chi connectivity index (χ0n) is 18.4. The molecular weight excluding hydrogens is 402 g/mol. The van der Waals surface area contributed by atoms with Gasteiger partial charge in [-0.15, -0.1) is 0 Å². The van der Waals surface area contributed by atoms with Crippen LogP contribution in [0.5, 0.6) is 5.75 Å². The summed E-state index contributed by atoms with van der Waals surface area (Å²) in [4.78, 5) is 26.8. The van der Waals surface area contributed by atoms with Crippen molar-refractivity contribution in [2.45, 2.75) is 32.2 Å². The van der Waals surface area contributed by atoms with Crippen LogP contribution in [0.2, 0.25) is 0 Å². The Bertz CT molecular complexity index is 1020. The topological polar surface area (TPSA) is 63.6 Å². The molecular formula is C26H31N3O3. The Kier molecular flexibility index (Phi) is 7.43. The van der Waals surface area contributed by atoms with E-state index in [4.69, 9.17) is 4.74 Å². The van der Waals surface area contributed by atoms with Crippen LogP contribution >= 0.6 is 0 Å². The van der Waals surface area contributed by atoms with Gasteiger partial charge in [-0.2, -0.15) is 0 Å². The van der Waals surface area contributed by atoms with Gasteiger partial charge in [0.2, 0.25) is 11.8 Å². The Balaban J connectivity index is 1.12. The number of ether oxygens (including phenoxy) is 1. The lowest BCUT2D eigenvalue weighted by Gasteiger charge is -2.31. The molecule has 1 N–H and O–H groups in total. The van der Waals surface area contributed by atoms with E-state index in [1.165, 1.54) is 10.9 Å². The van der Waals surface area contributed by atoms with Crippen molar-refractivity contribution in [1.29, 1.82) is 0 Å². The molecule has 1 aromatic heterocycles. The van der Waals surface area contributed by atoms with Crippen LogP contribution in [0, 0.1) is 5.92 Å². The van der Waals surface area contributed by atoms with Crippen molar-refractivity contribution < 1.29 is 14.3 Å². The van der Waals surface area contributed by atoms with Crippen molar-refractivity contribution in [1.82, 2.24) is 14.8 Å². The average Bonchev–Trinajstić information content (AvgIpc) is 3.25. The van der Waals surface area contributed by atoms with E-state index in [2.05, 4.69) is 34.3 Å². The summed E-state index contributed by atoms with van der Waals surface area (Å²) in [7, 11) is 0. The quantitative estimate of drug-likeness (QED) is 0.521. The van der Waals surface area contributed by atoms with Crippen molar-refractivity contribution in [2.75, 3.05) is 26.2 Å². The molecule has 1 fully saturated rings. The molecule has 1 saturated heterocycles. The van der Waals surface area contributed by atoms with Crippen LogP contribution in [-0.4, -0.2) is 47.5 Å². The maximum absolute atomic E-state index is 12.5. The minimum absolute atomic E-state index is 0.00738. The lowest BCUT2D eigenvalue weighted by Crippen LogP contribution is -2.43. The van der Waals surface area contributed by atoms with Crippen molar-refractivity contribution in [3.8, 4) is 5.75 Å². The number of fused-ring (bicyclic) bond motifs is 1. The van der Waals surface area contributed by atoms with Crippen LogP contribution < -0.4 is 10.1 Å². The van der Waals surface area contributed by atoms with Gasteiger partial charge in [0.05, 0.1) is 13.0 Å². The summed E-state index contributed by atoms with van der Waals surface area (Å²) in [5.74, 6) is 0.980. The SMILES string of the molecule is O=C(NCCCn1ccc2ccccc21)C1CCN(C(=O)CCOc2ccccc2)CC1. The van der Waals surface area contributed by atoms with Crippen LogP contribution in [0.3, 0.4) is 0 Å². The fourth-order valence-corrected chi connectivity index (χ4v) is 4.26. The molecule has 2 amide bonds. The van der Waals surface area contributed by atoms with Crippen molar-refractivity contribution in [3.63, 3.8) is 0 Å². The molecule has 2 heterocycles. The van der Waals surface area contributed by atoms with Crippen LogP contribution in [0.1, 0.15) is 25.7 Å². The Morgan fingerprint density at radius 2 is 1.72 bits per heavy atom. The lowest BCUT2D eigenvalue weighted by atomic mass is 9.95. The Labute approximate surface area is 189 Å². The van der Waals surface area contributed by atoms with E-state index < -0.39 is 0 Å². The summed E-state index contributed by atoms with van der Waals surface area (Å²) >= 11 is 0. The maximum Gasteiger partial charge on any atom is 0.225 e. The first kappa shape index (κ1) is 21.9. The molecule has 0 saturated carbocycles. The molecule has 1 aliphatic heterocycles. The molecule has 168 valence electrons. The number of para-hydroxylation sites is 2. The van der Waals surface area contributed by atoms with Gasteiger partial charge in [-0.05, 0) is 48.9 Å². The van der Waals surface area contributed by atoms with E-state index in [9.17, 15) is 9.59 Å². The highest BCUT2D eigenvalue weighted by Crippen LogP contribution is 2.19. The second kappa shape index (κ2) is 10.8. The summed E-state index contributed by atoms with van der Waals surface area (Å²) in [6, 6.07) is 20.0. The lowest BCUT2D eigenvalue weighted by molar-refractivity contribution is -0.136. The monoisotopic (exact) mass is 433 g/mol. The van der Waals surface area contributed by atoms with Gasteiger partial charge in [0.1, 0.15) is 5.75 Å². The van der Waals surface area contributed by atoms with Gasteiger partial charge in [-0.25, -0.2) is 0 Å². The van der Waals surface area contributed by atoms with E-state index in [0.29, 0.717) is 32.7 Å². The number of hydrogen-bond acceptors (Lipinski definition) is 3. The number of nitrogens with one attached hydrogen (secondary N) is 1. The van der Waals surface area contributed by atoms with Gasteiger partial charge in [-0.3, -0.25) is 9.59 Å². The van der Waals surface area contributed by atoms with E-state index in [1.807, 2.05) is 47.4 Å². The Morgan fingerprint density at radius 1 is 0.969 bits per heavy atom. The summed E-state index contributed by atoms with van der Waals surface area (Å²) < 4.78 is 7.85. The number of amides is 2. The van der Waals surface area contributed by atoms with Gasteiger partial charge in [0.25, 0.3) is 0 Å². The number of likely N-dealkylation sites (tertiary alicyclic amines) is 1. The molecule has 0 bridgehead atoms. The molecule has 4 rings (SSSR count). The highest BCUT2D eigenvalue weighted by Gasteiger charge is 2.26. The molecule has 0 radical (unpaired) electrons. The second-order valence-electron chi connectivity index (χ2n) is 8.28. The number of aromatic nitrogens is 1. The van der Waals surface area contributed by atoms with Crippen LogP contribution in [0.25, 0.3) is 10.9 Å². The first-order valence-electron chi connectivity index (χ1n) is 11.5. The second-order valence-corrected chi connectivity index (χ2v) is 8.28. The van der Waals surface area contributed by atoms with Gasteiger partial charge >= 0.3 is 0 Å². The molecule has 0 unspecified atom stereocenters. The molecule has 32 heavy (non-hydrogen) atoms. The number of hydrogen-bond donors (Lipinski definition) is 1. The zero-order valence-corrected chi connectivity index (χ0v) is 18.4. The molecule has 0 atom stereocenters. The predicted molar refractivity (Wildman–Crippen MR) is 125 cm³/mol. The standard InChI is InChI=1S/C26H31N3O3/c30-25(14-20-32-23-8-2-1-3-9-23)29-18-12-22(13-19-29)26(31)27-15-6-16-28-17-11-21-7-4-5-10-24(21)28/h1-5,7-11,17,22H,6,12-16,18-20H2,(H,27,31). The number of benzene rings is 2. The Morgan fingerprint density at radius 3 is 2.53 bits per heavy atom. The summed E-state index contributed by atoms with van der Waals surface area (Å²) in [5.41, 5.74) is 1.23. The molecule has 6 nitrogen and oxygen atoms in total. The molecule has 0 spiro atoms. The van der Waals surface area contributed by atoms with Crippen molar-refractivity contribution in [2.24, 2.45) is 5.92 Å². The number of nitrogens with zero attached hydrogens (tertiary/aromatic N) is 2. The van der Waals surface area contributed by atoms with Crippen molar-refractivity contribution in [3.05, 3.63) is 66.9 Å². The predicted octanol–water partition coefficient (Wildman–Crippen LogP) is 3.86. The summed E-state index contributed by atoms with van der Waals surface area (Å²) in [6.07, 6.45) is 4.80. The number of piperidine rings is 1. The molecule has 0 aliphatic carbocycles. The van der Waals surface area contributed by atoms with Gasteiger partial charge in [-0.1, -0.05) is 36.4 Å². The van der Waals surface area contributed by atoms with Crippen LogP contribution in [-0.2, 0) is 16.1 Å². The highest BCUT2D eigenvalue weighted by atomic mass is 16.5. The van der Waals surface area contributed by atoms with E-state index >= 15 is 0 Å². The largest absolute Gasteiger partial charge is 0.493 e. The number of carbonyl (C=O) groups is 2. The number of rotatable bonds is 9. The fourth-order valence-electron chi connectivity index (χ4n) is 4.26. The third-order valence-corrected chi connectivity index (χ3v) is 6.10. The van der Waals surface area contributed by atoms with E-state index in [0.717, 1.165) is 31.6 Å². The van der Waals surface area contributed by atoms with Crippen LogP contribution in [0.4, 0.5) is 0 Å². The Hall–Kier alpha value is -3.28. The first-order valence-corrected chi connectivity index (χ1v) is 11.5. The highest BCUT2D eigenvalue weighted by molar-refractivity contribution is 5.80. The van der Waals surface area contributed by atoms with Gasteiger partial charge in [0, 0.05) is 43.8 Å². The normalized spacial score (nSPS) is 14.4. The van der Waals surface area contributed by atoms with E-state index in [-0.39, 0.29) is 17.7 Å². The zero-order chi connectivity index (χ0) is 22.2. The summed E-state index contributed by atoms with van der Waals surface area (Å²) in [5, 5.41) is 4.32. The minimum Gasteiger partial charge on any atom is -0.493 e. The van der Waals surface area contributed by atoms with Gasteiger partial charge in [0.15, 0.2) is 0 Å². The third kappa shape index (κ3) is 5.69. The maximum atomic E-state index is 12.5. The smallest absolute Gasteiger partial charge is 0.225 e. The average molecular weight is 434 g/mol. The molecule has 3 aromatic rings. The van der Waals surface area contributed by atoms with Gasteiger partial charge < -0.3 is 19.5 Å². The number of carbonyl (C=O) groups excluding carboxylic acids is 2.